The predicted molar refractivity (Wildman–Crippen MR) is 74.7 cm³/mol. The Labute approximate surface area is 113 Å². The summed E-state index contributed by atoms with van der Waals surface area (Å²) < 4.78 is 0. The van der Waals surface area contributed by atoms with Crippen LogP contribution in [-0.2, 0) is 0 Å². The van der Waals surface area contributed by atoms with Gasteiger partial charge in [-0.25, -0.2) is 4.79 Å². The van der Waals surface area contributed by atoms with Crippen LogP contribution in [0.4, 0.5) is 10.5 Å². The maximum atomic E-state index is 11.6. The highest BCUT2D eigenvalue weighted by Gasteiger charge is 2.36. The zero-order valence-electron chi connectivity index (χ0n) is 11.2. The first-order valence-electron chi connectivity index (χ1n) is 6.79. The van der Waals surface area contributed by atoms with Gasteiger partial charge in [0.2, 0.25) is 0 Å². The topological polar surface area (TPSA) is 61.6 Å². The molecule has 3 N–H and O–H groups in total. The van der Waals surface area contributed by atoms with Crippen molar-refractivity contribution in [3.63, 3.8) is 0 Å². The molecule has 5 heteroatoms. The molecule has 0 aliphatic carbocycles. The van der Waals surface area contributed by atoms with Gasteiger partial charge in [0.15, 0.2) is 0 Å². The third-order valence-electron chi connectivity index (χ3n) is 4.20. The van der Waals surface area contributed by atoms with Crippen molar-refractivity contribution in [1.82, 2.24) is 15.1 Å². The zero-order valence-corrected chi connectivity index (χ0v) is 11.2. The minimum Gasteiger partial charge on any atom is -0.399 e. The van der Waals surface area contributed by atoms with Gasteiger partial charge in [-0.05, 0) is 24.6 Å². The monoisotopic (exact) mass is 260 g/mol. The van der Waals surface area contributed by atoms with E-state index in [-0.39, 0.29) is 6.03 Å². The standard InChI is InChI=1S/C14H20N4O/c1-10(11-3-2-4-12(15)7-11)17-5-6-18-13(9-17)8-16-14(18)19/h2-4,7,10,13H,5-6,8-9,15H2,1H3,(H,16,19). The van der Waals surface area contributed by atoms with E-state index in [1.54, 1.807) is 0 Å². The van der Waals surface area contributed by atoms with Gasteiger partial charge in [0, 0.05) is 37.9 Å². The number of amides is 2. The minimum absolute atomic E-state index is 0.0845. The summed E-state index contributed by atoms with van der Waals surface area (Å²) in [6.45, 7) is 5.62. The van der Waals surface area contributed by atoms with Gasteiger partial charge >= 0.3 is 6.03 Å². The van der Waals surface area contributed by atoms with Gasteiger partial charge in [-0.15, -0.1) is 0 Å². The number of nitrogens with one attached hydrogen (secondary N) is 1. The summed E-state index contributed by atoms with van der Waals surface area (Å²) in [4.78, 5) is 16.0. The molecule has 19 heavy (non-hydrogen) atoms. The molecule has 3 rings (SSSR count). The van der Waals surface area contributed by atoms with Crippen LogP contribution >= 0.6 is 0 Å². The number of benzene rings is 1. The Balaban J connectivity index is 1.72. The van der Waals surface area contributed by atoms with Gasteiger partial charge in [-0.2, -0.15) is 0 Å². The Kier molecular flexibility index (Phi) is 3.06. The van der Waals surface area contributed by atoms with Gasteiger partial charge in [0.05, 0.1) is 6.04 Å². The van der Waals surface area contributed by atoms with E-state index >= 15 is 0 Å². The van der Waals surface area contributed by atoms with Crippen molar-refractivity contribution < 1.29 is 4.79 Å². The Hall–Kier alpha value is -1.75. The molecule has 0 saturated carbocycles. The number of piperazine rings is 1. The second-order valence-corrected chi connectivity index (χ2v) is 5.37. The molecule has 0 spiro atoms. The molecule has 2 fully saturated rings. The van der Waals surface area contributed by atoms with Crippen molar-refractivity contribution >= 4 is 11.7 Å². The van der Waals surface area contributed by atoms with E-state index in [0.29, 0.717) is 12.1 Å². The fourth-order valence-electron chi connectivity index (χ4n) is 3.01. The summed E-state index contributed by atoms with van der Waals surface area (Å²) in [6.07, 6.45) is 0. The second kappa shape index (κ2) is 4.74. The van der Waals surface area contributed by atoms with E-state index in [2.05, 4.69) is 23.2 Å². The highest BCUT2D eigenvalue weighted by molar-refractivity contribution is 5.77. The number of rotatable bonds is 2. The van der Waals surface area contributed by atoms with Crippen molar-refractivity contribution in [3.05, 3.63) is 29.8 Å². The molecule has 0 radical (unpaired) electrons. The third kappa shape index (κ3) is 2.26. The number of nitrogens with zero attached hydrogens (tertiary/aromatic N) is 2. The van der Waals surface area contributed by atoms with Crippen LogP contribution in [0, 0.1) is 0 Å². The molecule has 1 aromatic carbocycles. The van der Waals surface area contributed by atoms with Gasteiger partial charge in [-0.3, -0.25) is 4.90 Å². The number of anilines is 1. The Bertz CT molecular complexity index is 490. The number of nitrogens with two attached hydrogens (primary N) is 1. The third-order valence-corrected chi connectivity index (χ3v) is 4.20. The number of carbonyl (C=O) groups is 1. The first-order valence-corrected chi connectivity index (χ1v) is 6.79. The van der Waals surface area contributed by atoms with Gasteiger partial charge < -0.3 is 16.0 Å². The lowest BCUT2D eigenvalue weighted by atomic mass is 10.0. The summed E-state index contributed by atoms with van der Waals surface area (Å²) in [5.41, 5.74) is 7.90. The molecular weight excluding hydrogens is 240 g/mol. The van der Waals surface area contributed by atoms with Crippen LogP contribution in [0.3, 0.4) is 0 Å². The van der Waals surface area contributed by atoms with Crippen LogP contribution in [0.15, 0.2) is 24.3 Å². The number of nitrogen functional groups attached to an aromatic ring is 1. The molecule has 2 atom stereocenters. The van der Waals surface area contributed by atoms with Crippen LogP contribution < -0.4 is 11.1 Å². The lowest BCUT2D eigenvalue weighted by Gasteiger charge is -2.39. The van der Waals surface area contributed by atoms with Gasteiger partial charge in [0.25, 0.3) is 0 Å². The first-order chi connectivity index (χ1) is 9.15. The molecule has 5 nitrogen and oxygen atoms in total. The first kappa shape index (κ1) is 12.3. The summed E-state index contributed by atoms with van der Waals surface area (Å²) in [7, 11) is 0. The van der Waals surface area contributed by atoms with E-state index in [9.17, 15) is 4.79 Å². The lowest BCUT2D eigenvalue weighted by molar-refractivity contribution is 0.0939. The van der Waals surface area contributed by atoms with E-state index in [1.165, 1.54) is 5.56 Å². The van der Waals surface area contributed by atoms with Crippen LogP contribution in [-0.4, -0.2) is 48.1 Å². The largest absolute Gasteiger partial charge is 0.399 e. The quantitative estimate of drug-likeness (QED) is 0.781. The highest BCUT2D eigenvalue weighted by Crippen LogP contribution is 2.25. The fraction of sp³-hybridized carbons (Fsp3) is 0.500. The summed E-state index contributed by atoms with van der Waals surface area (Å²) in [5.74, 6) is 0. The van der Waals surface area contributed by atoms with E-state index < -0.39 is 0 Å². The average molecular weight is 260 g/mol. The van der Waals surface area contributed by atoms with Crippen molar-refractivity contribution in [3.8, 4) is 0 Å². The normalized spacial score (nSPS) is 25.0. The summed E-state index contributed by atoms with van der Waals surface area (Å²) >= 11 is 0. The smallest absolute Gasteiger partial charge is 0.317 e. The van der Waals surface area contributed by atoms with Crippen molar-refractivity contribution in [2.24, 2.45) is 0 Å². The predicted octanol–water partition coefficient (Wildman–Crippen LogP) is 1.04. The maximum absolute atomic E-state index is 11.6. The number of hydrogen-bond donors (Lipinski definition) is 2. The molecule has 1 aromatic rings. The second-order valence-electron chi connectivity index (χ2n) is 5.37. The number of hydrogen-bond acceptors (Lipinski definition) is 3. The number of carbonyl (C=O) groups excluding carboxylic acids is 1. The Morgan fingerprint density at radius 1 is 1.42 bits per heavy atom. The molecule has 2 unspecified atom stereocenters. The van der Waals surface area contributed by atoms with E-state index in [1.807, 2.05) is 23.1 Å². The molecular formula is C14H20N4O. The van der Waals surface area contributed by atoms with E-state index in [4.69, 9.17) is 5.73 Å². The van der Waals surface area contributed by atoms with Crippen molar-refractivity contribution in [2.45, 2.75) is 19.0 Å². The van der Waals surface area contributed by atoms with E-state index in [0.717, 1.165) is 31.9 Å². The van der Waals surface area contributed by atoms with Crippen LogP contribution in [0.5, 0.6) is 0 Å². The molecule has 2 amide bonds. The SMILES string of the molecule is CC(c1cccc(N)c1)N1CCN2C(=O)NCC2C1. The molecule has 2 aliphatic heterocycles. The average Bonchev–Trinajstić information content (AvgIpc) is 2.79. The van der Waals surface area contributed by atoms with Gasteiger partial charge in [-0.1, -0.05) is 12.1 Å². The molecule has 2 heterocycles. The van der Waals surface area contributed by atoms with Crippen molar-refractivity contribution in [2.75, 3.05) is 31.9 Å². The van der Waals surface area contributed by atoms with Crippen LogP contribution in [0.2, 0.25) is 0 Å². The Morgan fingerprint density at radius 2 is 2.26 bits per heavy atom. The van der Waals surface area contributed by atoms with Crippen molar-refractivity contribution in [1.29, 1.82) is 0 Å². The molecule has 102 valence electrons. The van der Waals surface area contributed by atoms with Crippen LogP contribution in [0.1, 0.15) is 18.5 Å². The lowest BCUT2D eigenvalue weighted by Crippen LogP contribution is -2.52. The number of urea groups is 1. The number of fused-ring (bicyclic) bond motifs is 1. The molecule has 0 bridgehead atoms. The zero-order chi connectivity index (χ0) is 13.4. The maximum Gasteiger partial charge on any atom is 0.317 e. The van der Waals surface area contributed by atoms with Crippen LogP contribution in [0.25, 0.3) is 0 Å². The van der Waals surface area contributed by atoms with Gasteiger partial charge in [0.1, 0.15) is 0 Å². The highest BCUT2D eigenvalue weighted by atomic mass is 16.2. The molecule has 2 saturated heterocycles. The summed E-state index contributed by atoms with van der Waals surface area (Å²) in [6, 6.07) is 8.79. The molecule has 2 aliphatic rings. The minimum atomic E-state index is 0.0845. The summed E-state index contributed by atoms with van der Waals surface area (Å²) in [5, 5.41) is 2.91. The molecule has 0 aromatic heterocycles. The fourth-order valence-corrected chi connectivity index (χ4v) is 3.01. The Morgan fingerprint density at radius 3 is 3.05 bits per heavy atom.